The molecule has 112 valence electrons. The van der Waals surface area contributed by atoms with Gasteiger partial charge in [-0.2, -0.15) is 0 Å². The molecule has 8 heteroatoms. The van der Waals surface area contributed by atoms with Gasteiger partial charge in [0.1, 0.15) is 4.21 Å². The lowest BCUT2D eigenvalue weighted by molar-refractivity contribution is 0.0533. The number of carbonyl (C=O) groups is 1. The maximum Gasteiger partial charge on any atom is 0.254 e. The summed E-state index contributed by atoms with van der Waals surface area (Å²) in [5.74, 6) is -0.170. The van der Waals surface area contributed by atoms with Gasteiger partial charge in [-0.25, -0.2) is 13.6 Å². The highest BCUT2D eigenvalue weighted by Crippen LogP contribution is 2.29. The molecule has 0 radical (unpaired) electrons. The Morgan fingerprint density at radius 2 is 2.15 bits per heavy atom. The summed E-state index contributed by atoms with van der Waals surface area (Å²) in [7, 11) is -3.75. The van der Waals surface area contributed by atoms with Crippen LogP contribution in [0.15, 0.2) is 15.7 Å². The van der Waals surface area contributed by atoms with Crippen molar-refractivity contribution in [2.75, 3.05) is 13.1 Å². The number of piperidine rings is 1. The molecule has 1 fully saturated rings. The van der Waals surface area contributed by atoms with Crippen molar-refractivity contribution in [3.05, 3.63) is 17.0 Å². The number of likely N-dealkylation sites (tertiary alicyclic amines) is 1. The number of hydrogen-bond donors (Lipinski definition) is 2. The van der Waals surface area contributed by atoms with E-state index in [1.54, 1.807) is 4.90 Å². The van der Waals surface area contributed by atoms with Crippen LogP contribution in [0.1, 0.15) is 30.6 Å². The van der Waals surface area contributed by atoms with Crippen LogP contribution in [0.25, 0.3) is 0 Å². The second-order valence-electron chi connectivity index (χ2n) is 5.81. The fourth-order valence-electron chi connectivity index (χ4n) is 2.31. The van der Waals surface area contributed by atoms with Crippen LogP contribution in [-0.2, 0) is 10.0 Å². The summed E-state index contributed by atoms with van der Waals surface area (Å²) < 4.78 is 22.5. The van der Waals surface area contributed by atoms with E-state index in [1.807, 2.05) is 13.8 Å². The molecule has 1 saturated heterocycles. The van der Waals surface area contributed by atoms with Crippen LogP contribution in [0, 0.1) is 5.41 Å². The van der Waals surface area contributed by atoms with Crippen molar-refractivity contribution >= 4 is 27.3 Å². The van der Waals surface area contributed by atoms with Gasteiger partial charge < -0.3 is 10.6 Å². The molecule has 20 heavy (non-hydrogen) atoms. The molecule has 4 N–H and O–H groups in total. The van der Waals surface area contributed by atoms with Crippen molar-refractivity contribution in [2.24, 2.45) is 16.3 Å². The third-order valence-electron chi connectivity index (χ3n) is 3.70. The molecule has 1 aromatic rings. The Morgan fingerprint density at radius 1 is 1.50 bits per heavy atom. The fourth-order valence-corrected chi connectivity index (χ4v) is 3.89. The molecule has 1 aliphatic heterocycles. The van der Waals surface area contributed by atoms with Gasteiger partial charge in [0.25, 0.3) is 5.91 Å². The Hall–Kier alpha value is -0.960. The van der Waals surface area contributed by atoms with Crippen molar-refractivity contribution < 1.29 is 13.2 Å². The van der Waals surface area contributed by atoms with Crippen molar-refractivity contribution in [1.82, 2.24) is 4.90 Å². The Kier molecular flexibility index (Phi) is 3.94. The maximum absolute atomic E-state index is 12.4. The van der Waals surface area contributed by atoms with Crippen LogP contribution >= 0.6 is 11.3 Å². The number of amides is 1. The van der Waals surface area contributed by atoms with Crippen LogP contribution in [0.3, 0.4) is 0 Å². The molecule has 0 spiro atoms. The summed E-state index contributed by atoms with van der Waals surface area (Å²) in [6, 6.07) is 1.40. The second-order valence-corrected chi connectivity index (χ2v) is 8.51. The van der Waals surface area contributed by atoms with Crippen LogP contribution in [0.4, 0.5) is 0 Å². The van der Waals surface area contributed by atoms with Gasteiger partial charge in [-0.05, 0) is 17.9 Å². The molecule has 2 heterocycles. The van der Waals surface area contributed by atoms with Gasteiger partial charge in [0.15, 0.2) is 0 Å². The Balaban J connectivity index is 2.18. The van der Waals surface area contributed by atoms with E-state index in [-0.39, 0.29) is 21.6 Å². The predicted molar refractivity (Wildman–Crippen MR) is 78.0 cm³/mol. The van der Waals surface area contributed by atoms with E-state index in [0.717, 1.165) is 17.8 Å². The van der Waals surface area contributed by atoms with Crippen molar-refractivity contribution in [2.45, 2.75) is 30.5 Å². The van der Waals surface area contributed by atoms with E-state index in [2.05, 4.69) is 0 Å². The highest BCUT2D eigenvalue weighted by Gasteiger charge is 2.35. The highest BCUT2D eigenvalue weighted by atomic mass is 32.2. The first-order valence-corrected chi connectivity index (χ1v) is 8.70. The van der Waals surface area contributed by atoms with Gasteiger partial charge in [-0.3, -0.25) is 4.79 Å². The van der Waals surface area contributed by atoms with E-state index in [9.17, 15) is 13.2 Å². The van der Waals surface area contributed by atoms with Gasteiger partial charge in [0.2, 0.25) is 10.0 Å². The molecule has 1 aliphatic rings. The molecule has 6 nitrogen and oxygen atoms in total. The molecule has 0 aromatic carbocycles. The lowest BCUT2D eigenvalue weighted by atomic mass is 9.79. The van der Waals surface area contributed by atoms with Crippen molar-refractivity contribution in [3.8, 4) is 0 Å². The average molecular weight is 317 g/mol. The van der Waals surface area contributed by atoms with E-state index in [4.69, 9.17) is 10.9 Å². The zero-order valence-corrected chi connectivity index (χ0v) is 13.1. The van der Waals surface area contributed by atoms with Crippen LogP contribution < -0.4 is 10.9 Å². The minimum Gasteiger partial charge on any atom is -0.338 e. The quantitative estimate of drug-likeness (QED) is 0.832. The van der Waals surface area contributed by atoms with Gasteiger partial charge >= 0.3 is 0 Å². The average Bonchev–Trinajstić information content (AvgIpc) is 2.80. The predicted octanol–water partition coefficient (Wildman–Crippen LogP) is 0.595. The number of hydrogen-bond acceptors (Lipinski definition) is 5. The minimum absolute atomic E-state index is 0.00817. The van der Waals surface area contributed by atoms with Gasteiger partial charge in [0.05, 0.1) is 5.56 Å². The monoisotopic (exact) mass is 317 g/mol. The first kappa shape index (κ1) is 15.4. The number of nitrogens with two attached hydrogens (primary N) is 2. The van der Waals surface area contributed by atoms with E-state index < -0.39 is 10.0 Å². The largest absolute Gasteiger partial charge is 0.338 e. The van der Waals surface area contributed by atoms with E-state index in [1.165, 1.54) is 11.4 Å². The van der Waals surface area contributed by atoms with Crippen LogP contribution in [0.5, 0.6) is 0 Å². The summed E-state index contributed by atoms with van der Waals surface area (Å²) in [6.07, 6.45) is 0.741. The first-order chi connectivity index (χ1) is 9.11. The number of nitrogens with zero attached hydrogens (tertiary/aromatic N) is 1. The van der Waals surface area contributed by atoms with Crippen LogP contribution in [-0.4, -0.2) is 38.4 Å². The smallest absolute Gasteiger partial charge is 0.254 e. The number of carbonyl (C=O) groups excluding carboxylic acids is 1. The summed E-state index contributed by atoms with van der Waals surface area (Å²) >= 11 is 0.964. The molecule has 2 rings (SSSR count). The summed E-state index contributed by atoms with van der Waals surface area (Å²) in [4.78, 5) is 14.1. The third kappa shape index (κ3) is 3.03. The zero-order chi connectivity index (χ0) is 15.1. The summed E-state index contributed by atoms with van der Waals surface area (Å²) in [6.45, 7) is 5.21. The molecular weight excluding hydrogens is 298 g/mol. The molecular formula is C12H19N3O3S2. The minimum atomic E-state index is -3.75. The lowest BCUT2D eigenvalue weighted by Gasteiger charge is -2.42. The van der Waals surface area contributed by atoms with Crippen molar-refractivity contribution in [3.63, 3.8) is 0 Å². The van der Waals surface area contributed by atoms with Gasteiger partial charge in [-0.15, -0.1) is 11.3 Å². The molecule has 1 atom stereocenters. The highest BCUT2D eigenvalue weighted by molar-refractivity contribution is 7.91. The van der Waals surface area contributed by atoms with E-state index in [0.29, 0.717) is 18.7 Å². The Labute approximate surface area is 122 Å². The number of thiophene rings is 1. The van der Waals surface area contributed by atoms with Gasteiger partial charge in [0, 0.05) is 24.5 Å². The van der Waals surface area contributed by atoms with E-state index >= 15 is 0 Å². The molecule has 1 aromatic heterocycles. The molecule has 1 amide bonds. The Morgan fingerprint density at radius 3 is 2.65 bits per heavy atom. The SMILES string of the molecule is CC1(C)CN(C(=O)c2csc(S(N)(=O)=O)c2)CCC1N. The molecule has 0 bridgehead atoms. The molecule has 0 aliphatic carbocycles. The third-order valence-corrected chi connectivity index (χ3v) is 6.09. The lowest BCUT2D eigenvalue weighted by Crippen LogP contribution is -2.53. The van der Waals surface area contributed by atoms with Crippen LogP contribution in [0.2, 0.25) is 0 Å². The number of rotatable bonds is 2. The first-order valence-electron chi connectivity index (χ1n) is 6.27. The van der Waals surface area contributed by atoms with Crippen molar-refractivity contribution in [1.29, 1.82) is 0 Å². The normalized spacial score (nSPS) is 22.8. The fraction of sp³-hybridized carbons (Fsp3) is 0.583. The maximum atomic E-state index is 12.4. The second kappa shape index (κ2) is 5.10. The van der Waals surface area contributed by atoms with Gasteiger partial charge in [-0.1, -0.05) is 13.8 Å². The molecule has 1 unspecified atom stereocenters. The topological polar surface area (TPSA) is 106 Å². The standard InChI is InChI=1S/C12H19N3O3S2/c1-12(2)7-15(4-3-9(12)13)11(16)8-5-10(19-6-8)20(14,17)18/h5-6,9H,3-4,7,13H2,1-2H3,(H2,14,17,18). The number of primary sulfonamides is 1. The Bertz CT molecular complexity index is 622. The summed E-state index contributed by atoms with van der Waals surface area (Å²) in [5.41, 5.74) is 6.26. The number of sulfonamides is 1. The zero-order valence-electron chi connectivity index (χ0n) is 11.5. The molecule has 0 saturated carbocycles. The summed E-state index contributed by atoms with van der Waals surface area (Å²) in [5, 5.41) is 6.58.